The van der Waals surface area contributed by atoms with E-state index in [-0.39, 0.29) is 29.0 Å². The van der Waals surface area contributed by atoms with E-state index < -0.39 is 14.8 Å². The Morgan fingerprint density at radius 3 is 2.70 bits per heavy atom. The largest absolute Gasteiger partial charge is 0.490 e. The Morgan fingerprint density at radius 1 is 1.23 bits per heavy atom. The molecule has 0 radical (unpaired) electrons. The standard InChI is InChI=1S/C27H29N7O7S2/c1-17-12-23(32-31-17)28-25-24(40-2)26(33-10-11-41-15-20(33)14-35)30-27(29-25)42-21-6-8-22(9-7-21)43(38,39)16-18-4-3-5-19(13-18)34(36)37/h3-9,12-13,20,35H,10-11,14-16H2,1-2H3,(H2,28,29,30,31,32)/t20-/m1/s1. The van der Waals surface area contributed by atoms with Crippen molar-refractivity contribution in [1.82, 2.24) is 20.2 Å². The number of anilines is 3. The van der Waals surface area contributed by atoms with Crippen molar-refractivity contribution < 1.29 is 27.9 Å². The SMILES string of the molecule is COc1c(Nc2cc(C)[nH]n2)nc(Sc2ccc(S(=O)(=O)Cc3cccc([N+](=O)[O-])c3)cc2)nc1N1CCOC[C@H]1CO. The molecular weight excluding hydrogens is 598 g/mol. The maximum absolute atomic E-state index is 13.1. The van der Waals surface area contributed by atoms with E-state index in [0.29, 0.717) is 58.6 Å². The van der Waals surface area contributed by atoms with Gasteiger partial charge in [-0.3, -0.25) is 15.2 Å². The van der Waals surface area contributed by atoms with Crippen LogP contribution in [0.5, 0.6) is 5.75 Å². The molecule has 16 heteroatoms. The highest BCUT2D eigenvalue weighted by Crippen LogP contribution is 2.39. The summed E-state index contributed by atoms with van der Waals surface area (Å²) < 4.78 is 37.4. The molecule has 0 spiro atoms. The molecule has 14 nitrogen and oxygen atoms in total. The van der Waals surface area contributed by atoms with Crippen LogP contribution in [0.1, 0.15) is 11.3 Å². The van der Waals surface area contributed by atoms with Crippen LogP contribution in [-0.2, 0) is 20.3 Å². The monoisotopic (exact) mass is 627 g/mol. The predicted molar refractivity (Wildman–Crippen MR) is 159 cm³/mol. The lowest BCUT2D eigenvalue weighted by Gasteiger charge is -2.36. The number of benzene rings is 2. The minimum absolute atomic E-state index is 0.0788. The molecule has 1 aliphatic heterocycles. The predicted octanol–water partition coefficient (Wildman–Crippen LogP) is 3.49. The molecular formula is C27H29N7O7S2. The van der Waals surface area contributed by atoms with Crippen molar-refractivity contribution in [2.75, 3.05) is 43.7 Å². The van der Waals surface area contributed by atoms with Crippen LogP contribution in [0.4, 0.5) is 23.1 Å². The molecule has 43 heavy (non-hydrogen) atoms. The number of non-ortho nitro benzene ring substituents is 1. The first-order chi connectivity index (χ1) is 20.7. The van der Waals surface area contributed by atoms with Crippen LogP contribution in [0, 0.1) is 17.0 Å². The van der Waals surface area contributed by atoms with Crippen molar-refractivity contribution >= 4 is 44.7 Å². The number of sulfone groups is 1. The van der Waals surface area contributed by atoms with Gasteiger partial charge in [-0.2, -0.15) is 5.10 Å². The lowest BCUT2D eigenvalue weighted by molar-refractivity contribution is -0.384. The molecule has 1 atom stereocenters. The van der Waals surface area contributed by atoms with Gasteiger partial charge >= 0.3 is 0 Å². The lowest BCUT2D eigenvalue weighted by atomic mass is 10.2. The number of methoxy groups -OCH3 is 1. The van der Waals surface area contributed by atoms with Gasteiger partial charge in [0.2, 0.25) is 5.75 Å². The maximum Gasteiger partial charge on any atom is 0.269 e. The number of nitro groups is 1. The average Bonchev–Trinajstić information content (AvgIpc) is 3.41. The molecule has 2 aromatic heterocycles. The second-order valence-corrected chi connectivity index (χ2v) is 12.7. The number of hydrogen-bond acceptors (Lipinski definition) is 13. The summed E-state index contributed by atoms with van der Waals surface area (Å²) in [5, 5.41) is 31.7. The molecule has 3 heterocycles. The van der Waals surface area contributed by atoms with Crippen LogP contribution in [0.25, 0.3) is 0 Å². The van der Waals surface area contributed by atoms with Crippen LogP contribution in [0.2, 0.25) is 0 Å². The Hall–Kier alpha value is -4.25. The van der Waals surface area contributed by atoms with Crippen molar-refractivity contribution in [2.24, 2.45) is 0 Å². The molecule has 1 saturated heterocycles. The number of nitrogens with zero attached hydrogens (tertiary/aromatic N) is 5. The van der Waals surface area contributed by atoms with Crippen LogP contribution < -0.4 is 15.0 Å². The van der Waals surface area contributed by atoms with Gasteiger partial charge in [0.25, 0.3) is 5.69 Å². The van der Waals surface area contributed by atoms with E-state index in [0.717, 1.165) is 5.69 Å². The zero-order valence-corrected chi connectivity index (χ0v) is 24.9. The van der Waals surface area contributed by atoms with Gasteiger partial charge in [-0.05, 0) is 48.5 Å². The summed E-state index contributed by atoms with van der Waals surface area (Å²) in [5.74, 6) is 1.34. The molecule has 0 unspecified atom stereocenters. The number of aryl methyl sites for hydroxylation is 1. The van der Waals surface area contributed by atoms with Crippen molar-refractivity contribution in [3.8, 4) is 5.75 Å². The first-order valence-corrected chi connectivity index (χ1v) is 15.6. The van der Waals surface area contributed by atoms with Gasteiger partial charge < -0.3 is 24.8 Å². The molecule has 2 aromatic carbocycles. The van der Waals surface area contributed by atoms with E-state index in [1.165, 1.54) is 49.2 Å². The molecule has 0 bridgehead atoms. The summed E-state index contributed by atoms with van der Waals surface area (Å²) in [6, 6.07) is 13.3. The van der Waals surface area contributed by atoms with Gasteiger partial charge in [0.05, 0.1) is 48.5 Å². The average molecular weight is 628 g/mol. The van der Waals surface area contributed by atoms with Gasteiger partial charge in [-0.1, -0.05) is 12.1 Å². The lowest BCUT2D eigenvalue weighted by Crippen LogP contribution is -2.48. The molecule has 0 amide bonds. The minimum Gasteiger partial charge on any atom is -0.490 e. The van der Waals surface area contributed by atoms with E-state index in [1.807, 2.05) is 17.9 Å². The van der Waals surface area contributed by atoms with Gasteiger partial charge in [0, 0.05) is 35.3 Å². The Kier molecular flexibility index (Phi) is 9.10. The Balaban J connectivity index is 1.43. The van der Waals surface area contributed by atoms with Crippen LogP contribution in [0.15, 0.2) is 69.5 Å². The number of nitrogens with one attached hydrogen (secondary N) is 2. The molecule has 1 fully saturated rings. The van der Waals surface area contributed by atoms with Gasteiger partial charge in [0.15, 0.2) is 32.4 Å². The Morgan fingerprint density at radius 2 is 2.02 bits per heavy atom. The molecule has 1 aliphatic rings. The normalized spacial score (nSPS) is 15.3. The highest BCUT2D eigenvalue weighted by molar-refractivity contribution is 7.99. The van der Waals surface area contributed by atoms with Gasteiger partial charge in [-0.25, -0.2) is 18.4 Å². The minimum atomic E-state index is -3.77. The molecule has 0 saturated carbocycles. The molecule has 5 rings (SSSR count). The number of ether oxygens (including phenoxy) is 2. The third kappa shape index (κ3) is 7.05. The number of H-pyrrole nitrogens is 1. The molecule has 226 valence electrons. The highest BCUT2D eigenvalue weighted by Gasteiger charge is 2.29. The number of morpholine rings is 1. The van der Waals surface area contributed by atoms with Gasteiger partial charge in [0.1, 0.15) is 0 Å². The van der Waals surface area contributed by atoms with Crippen LogP contribution in [-0.4, -0.2) is 78.1 Å². The fraction of sp³-hybridized carbons (Fsp3) is 0.296. The quantitative estimate of drug-likeness (QED) is 0.125. The summed E-state index contributed by atoms with van der Waals surface area (Å²) in [6.07, 6.45) is 0. The topological polar surface area (TPSA) is 186 Å². The van der Waals surface area contributed by atoms with Gasteiger partial charge in [-0.15, -0.1) is 0 Å². The molecule has 3 N–H and O–H groups in total. The summed E-state index contributed by atoms with van der Waals surface area (Å²) >= 11 is 1.22. The fourth-order valence-corrected chi connectivity index (χ4v) is 6.59. The van der Waals surface area contributed by atoms with Crippen LogP contribution in [0.3, 0.4) is 0 Å². The first-order valence-electron chi connectivity index (χ1n) is 13.1. The second kappa shape index (κ2) is 12.9. The molecule has 4 aromatic rings. The smallest absolute Gasteiger partial charge is 0.269 e. The van der Waals surface area contributed by atoms with E-state index >= 15 is 0 Å². The Bertz CT molecular complexity index is 1720. The van der Waals surface area contributed by atoms with Crippen molar-refractivity contribution in [1.29, 1.82) is 0 Å². The van der Waals surface area contributed by atoms with E-state index in [2.05, 4.69) is 20.5 Å². The third-order valence-electron chi connectivity index (χ3n) is 6.56. The fourth-order valence-electron chi connectivity index (χ4n) is 4.50. The van der Waals surface area contributed by atoms with E-state index in [9.17, 15) is 23.6 Å². The maximum atomic E-state index is 13.1. The van der Waals surface area contributed by atoms with Crippen molar-refractivity contribution in [3.63, 3.8) is 0 Å². The summed E-state index contributed by atoms with van der Waals surface area (Å²) in [6.45, 7) is 2.96. The second-order valence-electron chi connectivity index (χ2n) is 9.64. The number of aromatic amines is 1. The number of hydrogen-bond donors (Lipinski definition) is 3. The number of aromatic nitrogens is 4. The number of aliphatic hydroxyl groups is 1. The van der Waals surface area contributed by atoms with Crippen molar-refractivity contribution in [2.45, 2.75) is 33.7 Å². The summed E-state index contributed by atoms with van der Waals surface area (Å²) in [4.78, 5) is 22.6. The summed E-state index contributed by atoms with van der Waals surface area (Å²) in [7, 11) is -2.25. The molecule has 0 aliphatic carbocycles. The Labute approximate surface area is 251 Å². The first kappa shape index (κ1) is 30.2. The number of aliphatic hydroxyl groups excluding tert-OH is 1. The summed E-state index contributed by atoms with van der Waals surface area (Å²) in [5.41, 5.74) is 1.000. The third-order valence-corrected chi connectivity index (χ3v) is 9.14. The zero-order valence-electron chi connectivity index (χ0n) is 23.3. The van der Waals surface area contributed by atoms with E-state index in [4.69, 9.17) is 14.5 Å². The van der Waals surface area contributed by atoms with Crippen molar-refractivity contribution in [3.05, 3.63) is 76.0 Å². The number of nitro benzene ring substituents is 1. The van der Waals surface area contributed by atoms with Crippen LogP contribution >= 0.6 is 11.8 Å². The highest BCUT2D eigenvalue weighted by atomic mass is 32.2. The zero-order chi connectivity index (χ0) is 30.6. The number of rotatable bonds is 11. The van der Waals surface area contributed by atoms with E-state index in [1.54, 1.807) is 18.2 Å².